The van der Waals surface area contributed by atoms with E-state index in [9.17, 15) is 12.8 Å². The molecule has 1 aliphatic heterocycles. The van der Waals surface area contributed by atoms with Crippen molar-refractivity contribution in [1.82, 2.24) is 9.97 Å². The van der Waals surface area contributed by atoms with Crippen LogP contribution in [0.1, 0.15) is 24.3 Å². The first-order valence-corrected chi connectivity index (χ1v) is 10.5. The molecule has 0 radical (unpaired) electrons. The summed E-state index contributed by atoms with van der Waals surface area (Å²) in [5, 5.41) is 1.06. The van der Waals surface area contributed by atoms with E-state index < -0.39 is 9.84 Å². The Kier molecular flexibility index (Phi) is 4.19. The third-order valence-electron chi connectivity index (χ3n) is 5.06. The van der Waals surface area contributed by atoms with Crippen LogP contribution in [-0.4, -0.2) is 37.7 Å². The SMILES string of the molecule is CS(=O)(=O)c1cccnc1N1CCC(c2c[nH]c3cc(F)ccc23)CC1. The van der Waals surface area contributed by atoms with Gasteiger partial charge in [0.1, 0.15) is 16.5 Å². The van der Waals surface area contributed by atoms with Crippen LogP contribution in [0.2, 0.25) is 0 Å². The van der Waals surface area contributed by atoms with E-state index in [1.54, 1.807) is 18.3 Å². The molecule has 4 rings (SSSR count). The van der Waals surface area contributed by atoms with E-state index in [2.05, 4.69) is 9.97 Å². The molecule has 136 valence electrons. The fraction of sp³-hybridized carbons (Fsp3) is 0.316. The van der Waals surface area contributed by atoms with Crippen molar-refractivity contribution in [3.8, 4) is 0 Å². The number of piperidine rings is 1. The minimum Gasteiger partial charge on any atom is -0.361 e. The van der Waals surface area contributed by atoms with E-state index in [1.807, 2.05) is 17.2 Å². The highest BCUT2D eigenvalue weighted by atomic mass is 32.2. The van der Waals surface area contributed by atoms with Gasteiger partial charge < -0.3 is 9.88 Å². The summed E-state index contributed by atoms with van der Waals surface area (Å²) >= 11 is 0. The van der Waals surface area contributed by atoms with Crippen LogP contribution in [0.5, 0.6) is 0 Å². The monoisotopic (exact) mass is 373 g/mol. The summed E-state index contributed by atoms with van der Waals surface area (Å²) in [6, 6.07) is 8.08. The molecule has 0 saturated carbocycles. The van der Waals surface area contributed by atoms with Gasteiger partial charge in [0.25, 0.3) is 0 Å². The average molecular weight is 373 g/mol. The van der Waals surface area contributed by atoms with Crippen molar-refractivity contribution in [2.75, 3.05) is 24.2 Å². The number of fused-ring (bicyclic) bond motifs is 1. The smallest absolute Gasteiger partial charge is 0.179 e. The normalized spacial score (nSPS) is 16.3. The number of halogens is 1. The number of nitrogens with one attached hydrogen (secondary N) is 1. The van der Waals surface area contributed by atoms with Gasteiger partial charge in [-0.1, -0.05) is 0 Å². The van der Waals surface area contributed by atoms with Gasteiger partial charge in [0.05, 0.1) is 0 Å². The molecule has 0 unspecified atom stereocenters. The lowest BCUT2D eigenvalue weighted by Gasteiger charge is -2.33. The Hall–Kier alpha value is -2.41. The van der Waals surface area contributed by atoms with E-state index in [0.717, 1.165) is 36.8 Å². The molecule has 26 heavy (non-hydrogen) atoms. The van der Waals surface area contributed by atoms with Crippen LogP contribution in [0, 0.1) is 5.82 Å². The minimum atomic E-state index is -3.32. The van der Waals surface area contributed by atoms with Crippen molar-refractivity contribution in [1.29, 1.82) is 0 Å². The van der Waals surface area contributed by atoms with Gasteiger partial charge in [0.15, 0.2) is 9.84 Å². The van der Waals surface area contributed by atoms with Crippen LogP contribution >= 0.6 is 0 Å². The predicted octanol–water partition coefficient (Wildman–Crippen LogP) is 3.49. The Labute approximate surface area is 151 Å². The van der Waals surface area contributed by atoms with Gasteiger partial charge in [0, 0.05) is 42.6 Å². The molecular formula is C19H20FN3O2S. The molecule has 0 bridgehead atoms. The fourth-order valence-corrected chi connectivity index (χ4v) is 4.61. The molecule has 1 aliphatic rings. The molecule has 1 aromatic carbocycles. The molecule has 1 fully saturated rings. The molecule has 7 heteroatoms. The van der Waals surface area contributed by atoms with Crippen LogP contribution in [-0.2, 0) is 9.84 Å². The number of hydrogen-bond acceptors (Lipinski definition) is 4. The summed E-state index contributed by atoms with van der Waals surface area (Å²) in [4.78, 5) is 9.79. The highest BCUT2D eigenvalue weighted by Gasteiger charge is 2.26. The van der Waals surface area contributed by atoms with Crippen LogP contribution in [0.3, 0.4) is 0 Å². The second-order valence-corrected chi connectivity index (χ2v) is 8.78. The standard InChI is InChI=1S/C19H20FN3O2S/c1-26(24,25)18-3-2-8-21-19(18)23-9-6-13(7-10-23)16-12-22-17-11-14(20)4-5-15(16)17/h2-5,8,11-13,22H,6-7,9-10H2,1H3. The molecule has 0 atom stereocenters. The second kappa shape index (κ2) is 6.39. The van der Waals surface area contributed by atoms with Gasteiger partial charge in [0.2, 0.25) is 0 Å². The summed E-state index contributed by atoms with van der Waals surface area (Å²) in [7, 11) is -3.32. The zero-order valence-electron chi connectivity index (χ0n) is 14.4. The van der Waals surface area contributed by atoms with E-state index in [0.29, 0.717) is 11.7 Å². The zero-order valence-corrected chi connectivity index (χ0v) is 15.3. The summed E-state index contributed by atoms with van der Waals surface area (Å²) in [6.07, 6.45) is 6.59. The second-order valence-electron chi connectivity index (χ2n) is 6.79. The number of rotatable bonds is 3. The minimum absolute atomic E-state index is 0.246. The Morgan fingerprint density at radius 3 is 2.73 bits per heavy atom. The lowest BCUT2D eigenvalue weighted by molar-refractivity contribution is 0.502. The first kappa shape index (κ1) is 17.0. The van der Waals surface area contributed by atoms with Crippen LogP contribution in [0.25, 0.3) is 10.9 Å². The summed E-state index contributed by atoms with van der Waals surface area (Å²) in [5.41, 5.74) is 2.01. The highest BCUT2D eigenvalue weighted by molar-refractivity contribution is 7.90. The van der Waals surface area contributed by atoms with Gasteiger partial charge >= 0.3 is 0 Å². The Balaban J connectivity index is 1.56. The molecule has 0 aliphatic carbocycles. The van der Waals surface area contributed by atoms with Gasteiger partial charge in [-0.05, 0) is 54.7 Å². The third-order valence-corrected chi connectivity index (χ3v) is 6.18. The average Bonchev–Trinajstić information content (AvgIpc) is 3.04. The maximum Gasteiger partial charge on any atom is 0.179 e. The van der Waals surface area contributed by atoms with E-state index in [4.69, 9.17) is 0 Å². The van der Waals surface area contributed by atoms with Crippen LogP contribution in [0.4, 0.5) is 10.2 Å². The number of sulfone groups is 1. The maximum atomic E-state index is 13.4. The molecule has 5 nitrogen and oxygen atoms in total. The lowest BCUT2D eigenvalue weighted by Crippen LogP contribution is -2.34. The van der Waals surface area contributed by atoms with E-state index in [1.165, 1.54) is 24.0 Å². The number of aromatic amines is 1. The Bertz CT molecular complexity index is 1050. The molecule has 0 spiro atoms. The number of hydrogen-bond donors (Lipinski definition) is 1. The zero-order chi connectivity index (χ0) is 18.3. The molecule has 2 aromatic heterocycles. The molecule has 1 saturated heterocycles. The van der Waals surface area contributed by atoms with E-state index in [-0.39, 0.29) is 10.7 Å². The highest BCUT2D eigenvalue weighted by Crippen LogP contribution is 2.35. The molecule has 0 amide bonds. The summed E-state index contributed by atoms with van der Waals surface area (Å²) in [6.45, 7) is 1.47. The topological polar surface area (TPSA) is 66.1 Å². The van der Waals surface area contributed by atoms with Crippen LogP contribution in [0.15, 0.2) is 47.6 Å². The number of pyridine rings is 1. The number of anilines is 1. The quantitative estimate of drug-likeness (QED) is 0.763. The molecular weight excluding hydrogens is 353 g/mol. The summed E-state index contributed by atoms with van der Waals surface area (Å²) in [5.74, 6) is 0.648. The van der Waals surface area contributed by atoms with E-state index >= 15 is 0 Å². The lowest BCUT2D eigenvalue weighted by atomic mass is 9.89. The predicted molar refractivity (Wildman–Crippen MR) is 99.8 cm³/mol. The maximum absolute atomic E-state index is 13.4. The number of nitrogens with zero attached hydrogens (tertiary/aromatic N) is 2. The van der Waals surface area contributed by atoms with Crippen molar-refractivity contribution in [3.63, 3.8) is 0 Å². The molecule has 3 heterocycles. The molecule has 3 aromatic rings. The first-order chi connectivity index (χ1) is 12.4. The molecule has 1 N–H and O–H groups in total. The first-order valence-electron chi connectivity index (χ1n) is 8.60. The van der Waals surface area contributed by atoms with Crippen molar-refractivity contribution >= 4 is 26.6 Å². The number of benzene rings is 1. The van der Waals surface area contributed by atoms with Gasteiger partial charge in [-0.25, -0.2) is 17.8 Å². The summed E-state index contributed by atoms with van der Waals surface area (Å²) < 4.78 is 37.4. The Morgan fingerprint density at radius 2 is 2.00 bits per heavy atom. The fourth-order valence-electron chi connectivity index (χ4n) is 3.77. The Morgan fingerprint density at radius 1 is 1.23 bits per heavy atom. The number of aromatic nitrogens is 2. The van der Waals surface area contributed by atoms with Gasteiger partial charge in [-0.3, -0.25) is 0 Å². The van der Waals surface area contributed by atoms with Crippen molar-refractivity contribution in [2.24, 2.45) is 0 Å². The van der Waals surface area contributed by atoms with Crippen molar-refractivity contribution in [2.45, 2.75) is 23.7 Å². The van der Waals surface area contributed by atoms with Gasteiger partial charge in [-0.15, -0.1) is 0 Å². The number of H-pyrrole nitrogens is 1. The van der Waals surface area contributed by atoms with Gasteiger partial charge in [-0.2, -0.15) is 0 Å². The third kappa shape index (κ3) is 3.07. The van der Waals surface area contributed by atoms with Crippen LogP contribution < -0.4 is 4.90 Å². The van der Waals surface area contributed by atoms with Crippen molar-refractivity contribution in [3.05, 3.63) is 54.1 Å². The largest absolute Gasteiger partial charge is 0.361 e. The van der Waals surface area contributed by atoms with Crippen molar-refractivity contribution < 1.29 is 12.8 Å².